The Kier molecular flexibility index (Phi) is 6.23. The average Bonchev–Trinajstić information content (AvgIpc) is 3.56. The number of thiol groups is 1. The molecule has 46 heavy (non-hydrogen) atoms. The highest BCUT2D eigenvalue weighted by molar-refractivity contribution is 7.80. The molecular formula is C44H33NS. The number of fused-ring (bicyclic) bond motifs is 10. The first kappa shape index (κ1) is 27.3. The van der Waals surface area contributed by atoms with Crippen LogP contribution in [0.25, 0.3) is 27.8 Å². The van der Waals surface area contributed by atoms with Gasteiger partial charge in [-0.1, -0.05) is 116 Å². The van der Waals surface area contributed by atoms with E-state index in [9.17, 15) is 0 Å². The quantitative estimate of drug-likeness (QED) is 0.195. The molecule has 6 aromatic carbocycles. The van der Waals surface area contributed by atoms with E-state index in [1.54, 1.807) is 0 Å². The van der Waals surface area contributed by atoms with Gasteiger partial charge in [-0.15, -0.1) is 12.6 Å². The molecule has 9 rings (SSSR count). The molecule has 2 atom stereocenters. The lowest BCUT2D eigenvalue weighted by Crippen LogP contribution is -2.26. The molecule has 0 N–H and O–H groups in total. The summed E-state index contributed by atoms with van der Waals surface area (Å²) in [5.74, 6) is 0.601. The van der Waals surface area contributed by atoms with Crippen LogP contribution in [-0.2, 0) is 5.41 Å². The van der Waals surface area contributed by atoms with Crippen LogP contribution in [0.2, 0.25) is 0 Å². The van der Waals surface area contributed by atoms with E-state index in [0.29, 0.717) is 5.92 Å². The Morgan fingerprint density at radius 2 is 1.13 bits per heavy atom. The van der Waals surface area contributed by atoms with Gasteiger partial charge in [-0.25, -0.2) is 0 Å². The lowest BCUT2D eigenvalue weighted by molar-refractivity contribution is 0.739. The maximum Gasteiger partial charge on any atom is 0.0726 e. The minimum absolute atomic E-state index is 0.421. The van der Waals surface area contributed by atoms with Gasteiger partial charge in [-0.3, -0.25) is 0 Å². The molecule has 0 fully saturated rings. The van der Waals surface area contributed by atoms with Gasteiger partial charge in [0.2, 0.25) is 0 Å². The van der Waals surface area contributed by atoms with Crippen molar-refractivity contribution < 1.29 is 0 Å². The third-order valence-corrected chi connectivity index (χ3v) is 10.4. The second-order valence-corrected chi connectivity index (χ2v) is 13.3. The topological polar surface area (TPSA) is 3.24 Å². The Balaban J connectivity index is 1.26. The number of hydrogen-bond acceptors (Lipinski definition) is 2. The van der Waals surface area contributed by atoms with Crippen molar-refractivity contribution in [3.63, 3.8) is 0 Å². The number of rotatable bonds is 4. The van der Waals surface area contributed by atoms with E-state index in [4.69, 9.17) is 12.6 Å². The fraction of sp³-hybridized carbons (Fsp3) is 0.0909. The van der Waals surface area contributed by atoms with Crippen LogP contribution in [0, 0.1) is 5.92 Å². The highest BCUT2D eigenvalue weighted by Gasteiger charge is 2.51. The number of nitrogens with zero attached hydrogens (tertiary/aromatic N) is 1. The molecular weight excluding hydrogens is 575 g/mol. The van der Waals surface area contributed by atoms with E-state index < -0.39 is 5.41 Å². The standard InChI is InChI=1S/C44H33NS/c1-29-15-17-30(18-16-29)31-19-21-33(22-20-31)45(32-9-3-2-4-10-32)34-23-25-38-36-11-5-7-13-40(36)44(42(38)27-34)41-14-8-6-12-37(41)39-26-24-35(46)28-43(39)44/h2-15,17-29,46H,16H2,1H3. The van der Waals surface area contributed by atoms with Crippen LogP contribution in [0.3, 0.4) is 0 Å². The summed E-state index contributed by atoms with van der Waals surface area (Å²) in [6, 6.07) is 51.5. The summed E-state index contributed by atoms with van der Waals surface area (Å²) in [7, 11) is 0. The molecule has 6 aromatic rings. The molecule has 0 saturated heterocycles. The zero-order chi connectivity index (χ0) is 30.8. The highest BCUT2D eigenvalue weighted by atomic mass is 32.1. The largest absolute Gasteiger partial charge is 0.310 e. The Labute approximate surface area is 276 Å². The number of hydrogen-bond donors (Lipinski definition) is 1. The van der Waals surface area contributed by atoms with Gasteiger partial charge in [-0.2, -0.15) is 0 Å². The van der Waals surface area contributed by atoms with Crippen LogP contribution in [0.1, 0.15) is 41.2 Å². The maximum atomic E-state index is 4.86. The molecule has 0 heterocycles. The van der Waals surface area contributed by atoms with Crippen molar-refractivity contribution in [1.82, 2.24) is 0 Å². The van der Waals surface area contributed by atoms with Gasteiger partial charge < -0.3 is 4.90 Å². The summed E-state index contributed by atoms with van der Waals surface area (Å²) in [5, 5.41) is 0. The molecule has 1 spiro atoms. The number of allylic oxidation sites excluding steroid dienone is 4. The van der Waals surface area contributed by atoms with Crippen LogP contribution in [-0.4, -0.2) is 0 Å². The van der Waals surface area contributed by atoms with Crippen LogP contribution in [0.15, 0.2) is 163 Å². The van der Waals surface area contributed by atoms with Gasteiger partial charge in [0.15, 0.2) is 0 Å². The Bertz CT molecular complexity index is 2200. The molecule has 0 aliphatic heterocycles. The zero-order valence-corrected chi connectivity index (χ0v) is 26.6. The molecule has 0 amide bonds. The predicted molar refractivity (Wildman–Crippen MR) is 196 cm³/mol. The Morgan fingerprint density at radius 3 is 1.80 bits per heavy atom. The lowest BCUT2D eigenvalue weighted by atomic mass is 9.70. The molecule has 1 nitrogen and oxygen atoms in total. The van der Waals surface area contributed by atoms with Gasteiger partial charge >= 0.3 is 0 Å². The summed E-state index contributed by atoms with van der Waals surface area (Å²) >= 11 is 4.86. The van der Waals surface area contributed by atoms with Gasteiger partial charge in [0.25, 0.3) is 0 Å². The molecule has 0 aromatic heterocycles. The Hall–Kier alpha value is -5.05. The fourth-order valence-electron chi connectivity index (χ4n) is 8.02. The molecule has 2 unspecified atom stereocenters. The molecule has 0 bridgehead atoms. The second-order valence-electron chi connectivity index (χ2n) is 12.8. The first-order valence-electron chi connectivity index (χ1n) is 16.1. The number of anilines is 3. The van der Waals surface area contributed by atoms with Crippen LogP contribution in [0.4, 0.5) is 17.1 Å². The SMILES string of the molecule is CC1C=CC(c2ccc(N(c3ccccc3)c3ccc4c(c3)C3(c5ccccc5-c5ccc(S)cc53)c3ccccc3-4)cc2)=CC1. The first-order valence-corrected chi connectivity index (χ1v) is 16.6. The molecule has 3 aliphatic rings. The smallest absolute Gasteiger partial charge is 0.0726 e. The van der Waals surface area contributed by atoms with Crippen molar-refractivity contribution in [3.05, 3.63) is 186 Å². The van der Waals surface area contributed by atoms with Crippen LogP contribution < -0.4 is 4.90 Å². The van der Waals surface area contributed by atoms with Crippen LogP contribution >= 0.6 is 12.6 Å². The van der Waals surface area contributed by atoms with E-state index >= 15 is 0 Å². The van der Waals surface area contributed by atoms with Gasteiger partial charge in [0.1, 0.15) is 0 Å². The van der Waals surface area contributed by atoms with Crippen molar-refractivity contribution in [2.45, 2.75) is 23.7 Å². The minimum Gasteiger partial charge on any atom is -0.310 e. The molecule has 0 radical (unpaired) electrons. The van der Waals surface area contributed by atoms with Gasteiger partial charge in [-0.05, 0) is 117 Å². The average molecular weight is 608 g/mol. The van der Waals surface area contributed by atoms with Crippen LogP contribution in [0.5, 0.6) is 0 Å². The minimum atomic E-state index is -0.421. The van der Waals surface area contributed by atoms with Crippen molar-refractivity contribution in [2.24, 2.45) is 5.92 Å². The van der Waals surface area contributed by atoms with E-state index in [0.717, 1.165) is 28.4 Å². The van der Waals surface area contributed by atoms with E-state index in [1.807, 2.05) is 0 Å². The lowest BCUT2D eigenvalue weighted by Gasteiger charge is -2.32. The summed E-state index contributed by atoms with van der Waals surface area (Å²) in [5.41, 5.74) is 16.0. The van der Waals surface area contributed by atoms with E-state index in [1.165, 1.54) is 55.6 Å². The first-order chi connectivity index (χ1) is 22.6. The maximum absolute atomic E-state index is 4.86. The number of benzene rings is 6. The fourth-order valence-corrected chi connectivity index (χ4v) is 8.23. The highest BCUT2D eigenvalue weighted by Crippen LogP contribution is 2.63. The summed E-state index contributed by atoms with van der Waals surface area (Å²) < 4.78 is 0. The predicted octanol–water partition coefficient (Wildman–Crippen LogP) is 11.8. The number of para-hydroxylation sites is 1. The van der Waals surface area contributed by atoms with Gasteiger partial charge in [0.05, 0.1) is 5.41 Å². The van der Waals surface area contributed by atoms with E-state index in [-0.39, 0.29) is 0 Å². The van der Waals surface area contributed by atoms with Crippen molar-refractivity contribution in [2.75, 3.05) is 4.90 Å². The third-order valence-electron chi connectivity index (χ3n) is 10.1. The molecule has 220 valence electrons. The normalized spacial score (nSPS) is 18.5. The zero-order valence-electron chi connectivity index (χ0n) is 25.7. The monoisotopic (exact) mass is 607 g/mol. The van der Waals surface area contributed by atoms with Crippen molar-refractivity contribution in [3.8, 4) is 22.3 Å². The van der Waals surface area contributed by atoms with Gasteiger partial charge in [0, 0.05) is 22.0 Å². The Morgan fingerprint density at radius 1 is 0.565 bits per heavy atom. The van der Waals surface area contributed by atoms with Crippen molar-refractivity contribution in [1.29, 1.82) is 0 Å². The molecule has 2 heteroatoms. The summed E-state index contributed by atoms with van der Waals surface area (Å²) in [4.78, 5) is 3.38. The summed E-state index contributed by atoms with van der Waals surface area (Å²) in [6.07, 6.45) is 8.03. The van der Waals surface area contributed by atoms with Crippen molar-refractivity contribution >= 4 is 35.3 Å². The second kappa shape index (κ2) is 10.5. The van der Waals surface area contributed by atoms with E-state index in [2.05, 4.69) is 170 Å². The molecule has 3 aliphatic carbocycles. The summed E-state index contributed by atoms with van der Waals surface area (Å²) in [6.45, 7) is 2.27. The molecule has 0 saturated carbocycles. The third kappa shape index (κ3) is 3.96.